The van der Waals surface area contributed by atoms with E-state index in [-0.39, 0.29) is 5.78 Å². The number of hydrogen-bond acceptors (Lipinski definition) is 4. The van der Waals surface area contributed by atoms with Gasteiger partial charge in [-0.05, 0) is 25.5 Å². The highest BCUT2D eigenvalue weighted by Gasteiger charge is 2.12. The summed E-state index contributed by atoms with van der Waals surface area (Å²) in [6, 6.07) is 5.99. The summed E-state index contributed by atoms with van der Waals surface area (Å²) in [5, 5.41) is 4.04. The number of rotatable bonds is 3. The van der Waals surface area contributed by atoms with Crippen LogP contribution in [-0.4, -0.2) is 29.8 Å². The molecule has 3 nitrogen and oxygen atoms in total. The highest BCUT2D eigenvalue weighted by atomic mass is 32.2. The summed E-state index contributed by atoms with van der Waals surface area (Å²) in [6.45, 7) is 5.69. The first kappa shape index (κ1) is 12.2. The SMILES string of the molecule is Cc1ccc(C)c(C(=O)CSC2=NCCN2)c1. The minimum absolute atomic E-state index is 0.174. The molecule has 1 aromatic rings. The zero-order chi connectivity index (χ0) is 12.3. The van der Waals surface area contributed by atoms with Crippen molar-refractivity contribution in [2.24, 2.45) is 4.99 Å². The second-order valence-corrected chi connectivity index (χ2v) is 5.11. The zero-order valence-corrected chi connectivity index (χ0v) is 10.9. The third kappa shape index (κ3) is 3.09. The molecule has 0 atom stereocenters. The van der Waals surface area contributed by atoms with Crippen LogP contribution >= 0.6 is 11.8 Å². The number of nitrogens with zero attached hydrogens (tertiary/aromatic N) is 1. The molecule has 4 heteroatoms. The normalized spacial score (nSPS) is 14.4. The van der Waals surface area contributed by atoms with Gasteiger partial charge in [0.25, 0.3) is 0 Å². The number of Topliss-reactive ketones (excluding diaryl/α,β-unsaturated/α-hetero) is 1. The molecule has 0 spiro atoms. The van der Waals surface area contributed by atoms with Crippen molar-refractivity contribution in [3.63, 3.8) is 0 Å². The van der Waals surface area contributed by atoms with Gasteiger partial charge in [-0.15, -0.1) is 0 Å². The van der Waals surface area contributed by atoms with Gasteiger partial charge in [0.05, 0.1) is 12.3 Å². The second kappa shape index (κ2) is 5.36. The van der Waals surface area contributed by atoms with E-state index in [0.29, 0.717) is 5.75 Å². The molecule has 1 aliphatic heterocycles. The van der Waals surface area contributed by atoms with E-state index in [1.54, 1.807) is 0 Å². The van der Waals surface area contributed by atoms with Crippen molar-refractivity contribution in [3.05, 3.63) is 34.9 Å². The fourth-order valence-electron chi connectivity index (χ4n) is 1.72. The van der Waals surface area contributed by atoms with Crippen molar-refractivity contribution >= 4 is 22.7 Å². The first-order valence-electron chi connectivity index (χ1n) is 5.68. The van der Waals surface area contributed by atoms with Gasteiger partial charge in [0.2, 0.25) is 0 Å². The summed E-state index contributed by atoms with van der Waals surface area (Å²) in [5.74, 6) is 0.628. The summed E-state index contributed by atoms with van der Waals surface area (Å²) >= 11 is 1.49. The van der Waals surface area contributed by atoms with Crippen LogP contribution < -0.4 is 5.32 Å². The van der Waals surface area contributed by atoms with Gasteiger partial charge in [-0.2, -0.15) is 0 Å². The molecular formula is C13H16N2OS. The van der Waals surface area contributed by atoms with Crippen molar-refractivity contribution in [1.82, 2.24) is 5.32 Å². The van der Waals surface area contributed by atoms with E-state index in [4.69, 9.17) is 0 Å². The van der Waals surface area contributed by atoms with E-state index in [0.717, 1.165) is 34.9 Å². The van der Waals surface area contributed by atoms with Crippen LogP contribution in [0.1, 0.15) is 21.5 Å². The van der Waals surface area contributed by atoms with Gasteiger partial charge in [0.15, 0.2) is 11.0 Å². The van der Waals surface area contributed by atoms with E-state index in [9.17, 15) is 4.79 Å². The standard InChI is InChI=1S/C13H16N2OS/c1-9-3-4-10(2)11(7-9)12(16)8-17-13-14-5-6-15-13/h3-4,7H,5-6,8H2,1-2H3,(H,14,15). The highest BCUT2D eigenvalue weighted by molar-refractivity contribution is 8.14. The Balaban J connectivity index is 2.01. The molecule has 1 aromatic carbocycles. The molecule has 17 heavy (non-hydrogen) atoms. The zero-order valence-electron chi connectivity index (χ0n) is 10.1. The molecule has 0 saturated heterocycles. The van der Waals surface area contributed by atoms with Crippen LogP contribution in [0.5, 0.6) is 0 Å². The molecule has 0 saturated carbocycles. The lowest BCUT2D eigenvalue weighted by Crippen LogP contribution is -2.17. The van der Waals surface area contributed by atoms with Gasteiger partial charge in [-0.25, -0.2) is 0 Å². The Bertz CT molecular complexity index is 468. The van der Waals surface area contributed by atoms with Gasteiger partial charge < -0.3 is 5.32 Å². The molecular weight excluding hydrogens is 232 g/mol. The predicted octanol–water partition coefficient (Wildman–Crippen LogP) is 2.18. The summed E-state index contributed by atoms with van der Waals surface area (Å²) in [5.41, 5.74) is 3.00. The van der Waals surface area contributed by atoms with Crippen LogP contribution in [0, 0.1) is 13.8 Å². The molecule has 1 N–H and O–H groups in total. The van der Waals surface area contributed by atoms with E-state index in [1.165, 1.54) is 11.8 Å². The van der Waals surface area contributed by atoms with Gasteiger partial charge in [-0.3, -0.25) is 9.79 Å². The molecule has 0 fully saturated rings. The van der Waals surface area contributed by atoms with Crippen LogP contribution in [0.25, 0.3) is 0 Å². The maximum atomic E-state index is 12.1. The Labute approximate surface area is 106 Å². The molecule has 0 radical (unpaired) electrons. The number of ketones is 1. The lowest BCUT2D eigenvalue weighted by molar-refractivity contribution is 0.102. The van der Waals surface area contributed by atoms with E-state index in [1.807, 2.05) is 32.0 Å². The third-order valence-electron chi connectivity index (χ3n) is 2.68. The fourth-order valence-corrected chi connectivity index (χ4v) is 2.53. The third-order valence-corrected chi connectivity index (χ3v) is 3.63. The minimum atomic E-state index is 0.174. The Morgan fingerprint density at radius 1 is 1.47 bits per heavy atom. The molecule has 2 rings (SSSR count). The Hall–Kier alpha value is -1.29. The van der Waals surface area contributed by atoms with E-state index in [2.05, 4.69) is 10.3 Å². The number of amidine groups is 1. The van der Waals surface area contributed by atoms with E-state index >= 15 is 0 Å². The lowest BCUT2D eigenvalue weighted by Gasteiger charge is -2.06. The molecule has 0 bridgehead atoms. The van der Waals surface area contributed by atoms with E-state index < -0.39 is 0 Å². The number of nitrogens with one attached hydrogen (secondary N) is 1. The first-order valence-corrected chi connectivity index (χ1v) is 6.67. The Morgan fingerprint density at radius 3 is 3.00 bits per heavy atom. The smallest absolute Gasteiger partial charge is 0.173 e. The number of carbonyl (C=O) groups is 1. The van der Waals surface area contributed by atoms with Crippen LogP contribution in [-0.2, 0) is 0 Å². The minimum Gasteiger partial charge on any atom is -0.363 e. The van der Waals surface area contributed by atoms with Gasteiger partial charge >= 0.3 is 0 Å². The van der Waals surface area contributed by atoms with Gasteiger partial charge in [0.1, 0.15) is 0 Å². The monoisotopic (exact) mass is 248 g/mol. The number of aliphatic imine (C=N–C) groups is 1. The lowest BCUT2D eigenvalue weighted by atomic mass is 10.0. The fraction of sp³-hybridized carbons (Fsp3) is 0.385. The van der Waals surface area contributed by atoms with Crippen LogP contribution in [0.15, 0.2) is 23.2 Å². The van der Waals surface area contributed by atoms with Crippen molar-refractivity contribution < 1.29 is 4.79 Å². The summed E-state index contributed by atoms with van der Waals surface area (Å²) in [6.07, 6.45) is 0. The molecule has 0 amide bonds. The van der Waals surface area contributed by atoms with Gasteiger partial charge in [0, 0.05) is 12.1 Å². The molecule has 90 valence electrons. The number of hydrogen-bond donors (Lipinski definition) is 1. The maximum Gasteiger partial charge on any atom is 0.173 e. The number of thioether (sulfide) groups is 1. The molecule has 0 unspecified atom stereocenters. The van der Waals surface area contributed by atoms with Crippen molar-refractivity contribution in [3.8, 4) is 0 Å². The largest absolute Gasteiger partial charge is 0.363 e. The maximum absolute atomic E-state index is 12.1. The predicted molar refractivity (Wildman–Crippen MR) is 73.0 cm³/mol. The first-order chi connectivity index (χ1) is 8.16. The van der Waals surface area contributed by atoms with Crippen LogP contribution in [0.3, 0.4) is 0 Å². The van der Waals surface area contributed by atoms with Crippen molar-refractivity contribution in [1.29, 1.82) is 0 Å². The molecule has 0 aromatic heterocycles. The van der Waals surface area contributed by atoms with Crippen LogP contribution in [0.2, 0.25) is 0 Å². The molecule has 0 aliphatic carbocycles. The second-order valence-electron chi connectivity index (χ2n) is 4.14. The summed E-state index contributed by atoms with van der Waals surface area (Å²) < 4.78 is 0. The average molecular weight is 248 g/mol. The quantitative estimate of drug-likeness (QED) is 0.834. The van der Waals surface area contributed by atoms with Crippen molar-refractivity contribution in [2.45, 2.75) is 13.8 Å². The Kier molecular flexibility index (Phi) is 3.84. The highest BCUT2D eigenvalue weighted by Crippen LogP contribution is 2.15. The van der Waals surface area contributed by atoms with Crippen molar-refractivity contribution in [2.75, 3.05) is 18.8 Å². The Morgan fingerprint density at radius 2 is 2.29 bits per heavy atom. The number of benzene rings is 1. The molecule has 1 aliphatic rings. The number of carbonyl (C=O) groups excluding carboxylic acids is 1. The van der Waals surface area contributed by atoms with Crippen LogP contribution in [0.4, 0.5) is 0 Å². The average Bonchev–Trinajstić information content (AvgIpc) is 2.82. The number of aryl methyl sites for hydroxylation is 2. The summed E-state index contributed by atoms with van der Waals surface area (Å²) in [7, 11) is 0. The topological polar surface area (TPSA) is 41.5 Å². The van der Waals surface area contributed by atoms with Gasteiger partial charge in [-0.1, -0.05) is 29.5 Å². The summed E-state index contributed by atoms with van der Waals surface area (Å²) in [4.78, 5) is 16.3. The molecule has 1 heterocycles.